The second-order valence-corrected chi connectivity index (χ2v) is 8.71. The van der Waals surface area contributed by atoms with Crippen LogP contribution in [0.2, 0.25) is 0 Å². The first-order valence-corrected chi connectivity index (χ1v) is 9.99. The summed E-state index contributed by atoms with van der Waals surface area (Å²) in [5.74, 6) is 1.10. The van der Waals surface area contributed by atoms with Crippen molar-refractivity contribution in [1.82, 2.24) is 34.2 Å². The number of hydrogen-bond donors (Lipinski definition) is 1. The highest BCUT2D eigenvalue weighted by atomic mass is 16.5. The number of aromatic nitrogens is 6. The molecule has 4 heterocycles. The molecule has 10 nitrogen and oxygen atoms in total. The molecule has 1 aliphatic rings. The molecule has 2 atom stereocenters. The molecule has 1 fully saturated rings. The summed E-state index contributed by atoms with van der Waals surface area (Å²) in [6.45, 7) is 11.1. The van der Waals surface area contributed by atoms with Crippen LogP contribution in [0.1, 0.15) is 33.4 Å². The first kappa shape index (κ1) is 20.1. The molecule has 2 unspecified atom stereocenters. The maximum Gasteiger partial charge on any atom is 0.407 e. The van der Waals surface area contributed by atoms with E-state index in [1.807, 2.05) is 50.9 Å². The molecule has 1 amide bonds. The van der Waals surface area contributed by atoms with Gasteiger partial charge in [0.1, 0.15) is 18.3 Å². The minimum Gasteiger partial charge on any atom is -0.469 e. The van der Waals surface area contributed by atoms with E-state index in [-0.39, 0.29) is 17.6 Å². The van der Waals surface area contributed by atoms with Gasteiger partial charge in [0.05, 0.1) is 24.3 Å². The van der Waals surface area contributed by atoms with Crippen molar-refractivity contribution in [3.8, 4) is 17.3 Å². The summed E-state index contributed by atoms with van der Waals surface area (Å²) in [6.07, 6.45) is 2.02. The lowest BCUT2D eigenvalue weighted by Gasteiger charge is -2.51. The van der Waals surface area contributed by atoms with Gasteiger partial charge in [0, 0.05) is 19.3 Å². The highest BCUT2D eigenvalue weighted by molar-refractivity contribution is 5.81. The lowest BCUT2D eigenvalue weighted by molar-refractivity contribution is -0.0785. The van der Waals surface area contributed by atoms with Crippen molar-refractivity contribution in [3.63, 3.8) is 0 Å². The number of fused-ring (bicyclic) bond motifs is 1. The molecule has 3 aromatic heterocycles. The van der Waals surface area contributed by atoms with E-state index in [1.165, 1.54) is 11.2 Å². The number of carboxylic acid groups (broad SMARTS) is 1. The van der Waals surface area contributed by atoms with Gasteiger partial charge < -0.3 is 14.4 Å². The van der Waals surface area contributed by atoms with E-state index in [0.29, 0.717) is 23.6 Å². The smallest absolute Gasteiger partial charge is 0.407 e. The van der Waals surface area contributed by atoms with Gasteiger partial charge in [0.25, 0.3) is 0 Å². The zero-order valence-electron chi connectivity index (χ0n) is 18.1. The summed E-state index contributed by atoms with van der Waals surface area (Å²) < 4.78 is 10.0. The molecule has 10 heteroatoms. The fraction of sp³-hybridized carbons (Fsp3) is 0.550. The molecule has 1 aliphatic heterocycles. The monoisotopic (exact) mass is 413 g/mol. The molecule has 0 aromatic carbocycles. The highest BCUT2D eigenvalue weighted by Gasteiger charge is 2.50. The van der Waals surface area contributed by atoms with Crippen molar-refractivity contribution in [3.05, 3.63) is 18.2 Å². The SMILES string of the molecule is CCn1ncc(-c2nc3c(OC4CN(C(=O)O)C4C(C)(C)C)ncnc3n2C)c1C. The third-order valence-electron chi connectivity index (χ3n) is 5.73. The van der Waals surface area contributed by atoms with Crippen molar-refractivity contribution in [2.24, 2.45) is 12.5 Å². The Kier molecular flexibility index (Phi) is 4.67. The number of imidazole rings is 1. The summed E-state index contributed by atoms with van der Waals surface area (Å²) in [4.78, 5) is 26.4. The average Bonchev–Trinajstić information content (AvgIpc) is 3.16. The second-order valence-electron chi connectivity index (χ2n) is 8.71. The van der Waals surface area contributed by atoms with E-state index in [9.17, 15) is 9.90 Å². The van der Waals surface area contributed by atoms with Crippen LogP contribution in [0.3, 0.4) is 0 Å². The second kappa shape index (κ2) is 6.96. The first-order chi connectivity index (χ1) is 14.1. The molecule has 4 rings (SSSR count). The first-order valence-electron chi connectivity index (χ1n) is 9.99. The van der Waals surface area contributed by atoms with Gasteiger partial charge in [-0.05, 0) is 19.3 Å². The van der Waals surface area contributed by atoms with Crippen LogP contribution in [0, 0.1) is 12.3 Å². The summed E-state index contributed by atoms with van der Waals surface area (Å²) in [5.41, 5.74) is 2.89. The molecule has 1 saturated heterocycles. The zero-order valence-corrected chi connectivity index (χ0v) is 18.1. The topological polar surface area (TPSA) is 111 Å². The Morgan fingerprint density at radius 2 is 2.07 bits per heavy atom. The molecular formula is C20H27N7O3. The minimum atomic E-state index is -0.939. The Labute approximate surface area is 174 Å². The third kappa shape index (κ3) is 3.06. The van der Waals surface area contributed by atoms with Crippen molar-refractivity contribution < 1.29 is 14.6 Å². The number of nitrogens with zero attached hydrogens (tertiary/aromatic N) is 7. The van der Waals surface area contributed by atoms with Crippen LogP contribution in [-0.4, -0.2) is 64.1 Å². The number of amides is 1. The number of likely N-dealkylation sites (tertiary alicyclic amines) is 1. The quantitative estimate of drug-likeness (QED) is 0.700. The molecule has 0 spiro atoms. The largest absolute Gasteiger partial charge is 0.469 e. The zero-order chi connectivity index (χ0) is 21.8. The van der Waals surface area contributed by atoms with E-state index in [0.717, 1.165) is 23.6 Å². The molecule has 0 saturated carbocycles. The van der Waals surface area contributed by atoms with Crippen LogP contribution in [0.5, 0.6) is 5.88 Å². The number of hydrogen-bond acceptors (Lipinski definition) is 6. The van der Waals surface area contributed by atoms with Crippen molar-refractivity contribution in [1.29, 1.82) is 0 Å². The van der Waals surface area contributed by atoms with Gasteiger partial charge in [-0.15, -0.1) is 0 Å². The van der Waals surface area contributed by atoms with Gasteiger partial charge in [-0.25, -0.2) is 14.8 Å². The van der Waals surface area contributed by atoms with Crippen LogP contribution < -0.4 is 4.74 Å². The minimum absolute atomic E-state index is 0.269. The van der Waals surface area contributed by atoms with Crippen molar-refractivity contribution in [2.45, 2.75) is 53.3 Å². The Hall–Kier alpha value is -3.17. The van der Waals surface area contributed by atoms with Crippen LogP contribution in [0.25, 0.3) is 22.6 Å². The summed E-state index contributed by atoms with van der Waals surface area (Å²) in [7, 11) is 1.90. The number of ether oxygens (including phenoxy) is 1. The van der Waals surface area contributed by atoms with Gasteiger partial charge >= 0.3 is 6.09 Å². The fourth-order valence-electron chi connectivity index (χ4n) is 4.23. The van der Waals surface area contributed by atoms with E-state index in [4.69, 9.17) is 9.72 Å². The predicted octanol–water partition coefficient (Wildman–Crippen LogP) is 2.71. The molecule has 160 valence electrons. The molecule has 30 heavy (non-hydrogen) atoms. The standard InChI is InChI=1S/C20H27N7O3/c1-7-27-11(2)12(8-23-27)16-24-14-17(25(16)6)21-10-22-18(14)30-13-9-26(19(28)29)15(13)20(3,4)5/h8,10,13,15H,7,9H2,1-6H3,(H,28,29). The molecule has 1 N–H and O–H groups in total. The Morgan fingerprint density at radius 3 is 2.67 bits per heavy atom. The predicted molar refractivity (Wildman–Crippen MR) is 110 cm³/mol. The number of carbonyl (C=O) groups is 1. The number of rotatable bonds is 4. The summed E-state index contributed by atoms with van der Waals surface area (Å²) in [5, 5.41) is 13.9. The molecular weight excluding hydrogens is 386 g/mol. The fourth-order valence-corrected chi connectivity index (χ4v) is 4.23. The Balaban J connectivity index is 1.71. The van der Waals surface area contributed by atoms with E-state index >= 15 is 0 Å². The third-order valence-corrected chi connectivity index (χ3v) is 5.73. The highest BCUT2D eigenvalue weighted by Crippen LogP contribution is 2.37. The van der Waals surface area contributed by atoms with Gasteiger partial charge in [0.15, 0.2) is 11.2 Å². The van der Waals surface area contributed by atoms with Crippen LogP contribution in [0.15, 0.2) is 12.5 Å². The van der Waals surface area contributed by atoms with E-state index in [1.54, 1.807) is 6.20 Å². The molecule has 0 aliphatic carbocycles. The summed E-state index contributed by atoms with van der Waals surface area (Å²) in [6, 6.07) is -0.270. The van der Waals surface area contributed by atoms with Gasteiger partial charge in [-0.1, -0.05) is 20.8 Å². The van der Waals surface area contributed by atoms with Crippen molar-refractivity contribution >= 4 is 17.3 Å². The lowest BCUT2D eigenvalue weighted by Crippen LogP contribution is -2.68. The average molecular weight is 413 g/mol. The van der Waals surface area contributed by atoms with Gasteiger partial charge in [-0.3, -0.25) is 9.58 Å². The van der Waals surface area contributed by atoms with Gasteiger partial charge in [-0.2, -0.15) is 10.1 Å². The summed E-state index contributed by atoms with van der Waals surface area (Å²) >= 11 is 0. The molecule has 0 bridgehead atoms. The van der Waals surface area contributed by atoms with Crippen LogP contribution in [0.4, 0.5) is 4.79 Å². The normalized spacial score (nSPS) is 19.2. The Bertz CT molecular complexity index is 1110. The molecule has 3 aromatic rings. The van der Waals surface area contributed by atoms with Crippen LogP contribution in [-0.2, 0) is 13.6 Å². The maximum atomic E-state index is 11.5. The Morgan fingerprint density at radius 1 is 1.33 bits per heavy atom. The van der Waals surface area contributed by atoms with Crippen molar-refractivity contribution in [2.75, 3.05) is 6.54 Å². The van der Waals surface area contributed by atoms with Gasteiger partial charge in [0.2, 0.25) is 5.88 Å². The van der Waals surface area contributed by atoms with E-state index in [2.05, 4.69) is 15.1 Å². The number of aryl methyl sites for hydroxylation is 2. The maximum absolute atomic E-state index is 11.5. The molecule has 0 radical (unpaired) electrons. The lowest BCUT2D eigenvalue weighted by atomic mass is 9.77. The van der Waals surface area contributed by atoms with E-state index < -0.39 is 6.09 Å². The van der Waals surface area contributed by atoms with Crippen LogP contribution >= 0.6 is 0 Å².